The number of carboxylic acid groups (broad SMARTS) is 1. The highest BCUT2D eigenvalue weighted by atomic mass is 16.5. The van der Waals surface area contributed by atoms with Crippen molar-refractivity contribution in [3.63, 3.8) is 0 Å². The molecule has 1 rings (SSSR count). The number of hydrogen-bond donors (Lipinski definition) is 2. The third-order valence-corrected chi connectivity index (χ3v) is 3.10. The van der Waals surface area contributed by atoms with E-state index < -0.39 is 12.0 Å². The molecule has 0 saturated carbocycles. The Morgan fingerprint density at radius 2 is 2.06 bits per heavy atom. The van der Waals surface area contributed by atoms with Crippen LogP contribution >= 0.6 is 0 Å². The molecule has 6 heteroatoms. The molecule has 1 atom stereocenters. The molecule has 2 N–H and O–H groups in total. The number of hydrogen-bond acceptors (Lipinski definition) is 4. The minimum Gasteiger partial charge on any atom is -0.480 e. The number of carbonyl (C=O) groups excluding carboxylic acids is 1. The lowest BCUT2D eigenvalue weighted by Crippen LogP contribution is -2.42. The molecule has 1 unspecified atom stereocenters. The molecule has 0 aromatic rings. The summed E-state index contributed by atoms with van der Waals surface area (Å²) in [5, 5.41) is 11.5. The molecule has 18 heavy (non-hydrogen) atoms. The molecule has 0 radical (unpaired) electrons. The molecule has 1 heterocycles. The van der Waals surface area contributed by atoms with Crippen LogP contribution in [-0.2, 0) is 14.3 Å². The quantitative estimate of drug-likeness (QED) is 0.644. The van der Waals surface area contributed by atoms with Gasteiger partial charge in [0, 0.05) is 33.1 Å². The van der Waals surface area contributed by atoms with Gasteiger partial charge in [-0.1, -0.05) is 0 Å². The van der Waals surface area contributed by atoms with Crippen molar-refractivity contribution in [2.45, 2.75) is 31.7 Å². The highest BCUT2D eigenvalue weighted by molar-refractivity contribution is 5.83. The van der Waals surface area contributed by atoms with Crippen LogP contribution in [0.25, 0.3) is 0 Å². The summed E-state index contributed by atoms with van der Waals surface area (Å²) in [6, 6.07) is -0.851. The fraction of sp³-hybridized carbons (Fsp3) is 0.833. The average Bonchev–Trinajstić information content (AvgIpc) is 2.84. The number of amides is 1. The summed E-state index contributed by atoms with van der Waals surface area (Å²) in [5.74, 6) is -1.22. The maximum Gasteiger partial charge on any atom is 0.326 e. The molecule has 1 amide bonds. The van der Waals surface area contributed by atoms with Crippen LogP contribution in [0.1, 0.15) is 25.7 Å². The average molecular weight is 258 g/mol. The first-order valence-electron chi connectivity index (χ1n) is 6.37. The van der Waals surface area contributed by atoms with Gasteiger partial charge >= 0.3 is 5.97 Å². The van der Waals surface area contributed by atoms with Gasteiger partial charge in [0.2, 0.25) is 5.91 Å². The van der Waals surface area contributed by atoms with E-state index in [0.717, 1.165) is 13.1 Å². The summed E-state index contributed by atoms with van der Waals surface area (Å²) in [6.45, 7) is 3.12. The number of nitrogens with zero attached hydrogens (tertiary/aromatic N) is 1. The standard InChI is InChI=1S/C12H22N2O4/c1-18-9-5-10(12(16)17)13-11(15)4-8-14-6-2-3-7-14/h10H,2-9H2,1H3,(H,13,15)(H,16,17). The molecule has 0 aromatic carbocycles. The number of rotatable bonds is 8. The smallest absolute Gasteiger partial charge is 0.326 e. The first-order valence-corrected chi connectivity index (χ1v) is 6.37. The Kier molecular flexibility index (Phi) is 6.67. The van der Waals surface area contributed by atoms with Crippen LogP contribution in [0.15, 0.2) is 0 Å². The number of carboxylic acids is 1. The normalized spacial score (nSPS) is 17.6. The Morgan fingerprint density at radius 1 is 1.39 bits per heavy atom. The van der Waals surface area contributed by atoms with Crippen molar-refractivity contribution in [2.24, 2.45) is 0 Å². The van der Waals surface area contributed by atoms with Gasteiger partial charge in [0.25, 0.3) is 0 Å². The molecule has 1 saturated heterocycles. The highest BCUT2D eigenvalue weighted by Gasteiger charge is 2.20. The van der Waals surface area contributed by atoms with Crippen molar-refractivity contribution in [1.29, 1.82) is 0 Å². The Balaban J connectivity index is 2.24. The number of carbonyl (C=O) groups is 2. The predicted octanol–water partition coefficient (Wildman–Crippen LogP) is 0.0782. The lowest BCUT2D eigenvalue weighted by atomic mass is 10.2. The molecular weight excluding hydrogens is 236 g/mol. The molecule has 0 aliphatic carbocycles. The van der Waals surface area contributed by atoms with Crippen molar-refractivity contribution in [1.82, 2.24) is 10.2 Å². The third-order valence-electron chi connectivity index (χ3n) is 3.10. The summed E-state index contributed by atoms with van der Waals surface area (Å²) >= 11 is 0. The largest absolute Gasteiger partial charge is 0.480 e. The molecule has 0 spiro atoms. The van der Waals surface area contributed by atoms with Gasteiger partial charge in [0.15, 0.2) is 0 Å². The van der Waals surface area contributed by atoms with Crippen LogP contribution < -0.4 is 5.32 Å². The first kappa shape index (κ1) is 14.9. The maximum absolute atomic E-state index is 11.6. The monoisotopic (exact) mass is 258 g/mol. The molecule has 0 aromatic heterocycles. The van der Waals surface area contributed by atoms with Crippen LogP contribution in [0.3, 0.4) is 0 Å². The Morgan fingerprint density at radius 3 is 2.61 bits per heavy atom. The zero-order chi connectivity index (χ0) is 13.4. The molecule has 1 fully saturated rings. The van der Waals surface area contributed by atoms with Gasteiger partial charge in [0.1, 0.15) is 6.04 Å². The predicted molar refractivity (Wildman–Crippen MR) is 66.4 cm³/mol. The van der Waals surface area contributed by atoms with Gasteiger partial charge in [-0.2, -0.15) is 0 Å². The number of ether oxygens (including phenoxy) is 1. The summed E-state index contributed by atoms with van der Waals surface area (Å²) < 4.78 is 4.82. The molecule has 6 nitrogen and oxygen atoms in total. The van der Waals surface area contributed by atoms with Crippen molar-refractivity contribution in [3.8, 4) is 0 Å². The van der Waals surface area contributed by atoms with Crippen molar-refractivity contribution >= 4 is 11.9 Å². The SMILES string of the molecule is COCCC(NC(=O)CCN1CCCC1)C(=O)O. The van der Waals surface area contributed by atoms with Gasteiger partial charge in [0.05, 0.1) is 0 Å². The maximum atomic E-state index is 11.6. The van der Waals surface area contributed by atoms with Gasteiger partial charge in [-0.3, -0.25) is 4.79 Å². The van der Waals surface area contributed by atoms with E-state index in [4.69, 9.17) is 9.84 Å². The van der Waals surface area contributed by atoms with E-state index in [0.29, 0.717) is 26.0 Å². The summed E-state index contributed by atoms with van der Waals surface area (Å²) in [7, 11) is 1.51. The molecule has 1 aliphatic heterocycles. The molecule has 0 bridgehead atoms. The zero-order valence-electron chi connectivity index (χ0n) is 10.9. The van der Waals surface area contributed by atoms with E-state index in [1.807, 2.05) is 0 Å². The van der Waals surface area contributed by atoms with E-state index in [9.17, 15) is 9.59 Å². The summed E-state index contributed by atoms with van der Waals surface area (Å²) in [5.41, 5.74) is 0. The second-order valence-corrected chi connectivity index (χ2v) is 4.54. The van der Waals surface area contributed by atoms with Crippen LogP contribution in [0.5, 0.6) is 0 Å². The van der Waals surface area contributed by atoms with Gasteiger partial charge in [-0.15, -0.1) is 0 Å². The number of nitrogens with one attached hydrogen (secondary N) is 1. The highest BCUT2D eigenvalue weighted by Crippen LogP contribution is 2.07. The van der Waals surface area contributed by atoms with Crippen LogP contribution in [0, 0.1) is 0 Å². The van der Waals surface area contributed by atoms with Crippen LogP contribution in [0.2, 0.25) is 0 Å². The van der Waals surface area contributed by atoms with E-state index in [-0.39, 0.29) is 5.91 Å². The molecule has 104 valence electrons. The van der Waals surface area contributed by atoms with Gasteiger partial charge < -0.3 is 20.1 Å². The minimum absolute atomic E-state index is 0.203. The number of aliphatic carboxylic acids is 1. The van der Waals surface area contributed by atoms with Crippen LogP contribution in [0.4, 0.5) is 0 Å². The summed E-state index contributed by atoms with van der Waals surface area (Å²) in [6.07, 6.45) is 3.03. The Bertz CT molecular complexity index is 277. The second kappa shape index (κ2) is 8.05. The van der Waals surface area contributed by atoms with Gasteiger partial charge in [-0.05, 0) is 25.9 Å². The summed E-state index contributed by atoms with van der Waals surface area (Å²) in [4.78, 5) is 24.8. The molecule has 1 aliphatic rings. The van der Waals surface area contributed by atoms with Crippen molar-refractivity contribution in [2.75, 3.05) is 33.4 Å². The van der Waals surface area contributed by atoms with E-state index >= 15 is 0 Å². The third kappa shape index (κ3) is 5.46. The Labute approximate surface area is 107 Å². The minimum atomic E-state index is -1.01. The second-order valence-electron chi connectivity index (χ2n) is 4.54. The molecular formula is C12H22N2O4. The van der Waals surface area contributed by atoms with Crippen LogP contribution in [-0.4, -0.2) is 61.3 Å². The Hall–Kier alpha value is -1.14. The van der Waals surface area contributed by atoms with E-state index in [1.54, 1.807) is 0 Å². The van der Waals surface area contributed by atoms with E-state index in [1.165, 1.54) is 20.0 Å². The number of methoxy groups -OCH3 is 1. The van der Waals surface area contributed by atoms with E-state index in [2.05, 4.69) is 10.2 Å². The van der Waals surface area contributed by atoms with Crippen molar-refractivity contribution in [3.05, 3.63) is 0 Å². The fourth-order valence-corrected chi connectivity index (χ4v) is 2.03. The number of likely N-dealkylation sites (tertiary alicyclic amines) is 1. The van der Waals surface area contributed by atoms with Gasteiger partial charge in [-0.25, -0.2) is 4.79 Å². The lowest BCUT2D eigenvalue weighted by Gasteiger charge is -2.17. The first-order chi connectivity index (χ1) is 8.63. The topological polar surface area (TPSA) is 78.9 Å². The van der Waals surface area contributed by atoms with Crippen molar-refractivity contribution < 1.29 is 19.4 Å². The fourth-order valence-electron chi connectivity index (χ4n) is 2.03. The lowest BCUT2D eigenvalue weighted by molar-refractivity contribution is -0.142. The zero-order valence-corrected chi connectivity index (χ0v) is 10.9.